The smallest absolute Gasteiger partial charge is 0.333 e. The zero-order chi connectivity index (χ0) is 19.0. The first-order chi connectivity index (χ1) is 13.0. The van der Waals surface area contributed by atoms with Crippen molar-refractivity contribution in [2.45, 2.75) is 83.0 Å². The number of rotatable bonds is 5. The minimum Gasteiger partial charge on any atom is -0.465 e. The number of hydrogen-bond donors (Lipinski definition) is 0. The maximum atomic E-state index is 12.4. The number of carbonyl (C=O) groups is 2. The SMILES string of the molecule is C=C(C)C(=O)OC1CCCC2CC(COC(=O)C3CCC4OC4C3)CCC21. The number of epoxide rings is 1. The van der Waals surface area contributed by atoms with E-state index in [1.54, 1.807) is 6.92 Å². The molecule has 0 bridgehead atoms. The zero-order valence-corrected chi connectivity index (χ0v) is 16.4. The van der Waals surface area contributed by atoms with Crippen LogP contribution in [0.15, 0.2) is 12.2 Å². The Morgan fingerprint density at radius 2 is 1.89 bits per heavy atom. The summed E-state index contributed by atoms with van der Waals surface area (Å²) in [6.45, 7) is 5.94. The van der Waals surface area contributed by atoms with Gasteiger partial charge in [0, 0.05) is 5.57 Å². The molecular weight excluding hydrogens is 344 g/mol. The summed E-state index contributed by atoms with van der Waals surface area (Å²) in [6, 6.07) is 0. The van der Waals surface area contributed by atoms with E-state index in [1.807, 2.05) is 0 Å². The topological polar surface area (TPSA) is 65.1 Å². The lowest BCUT2D eigenvalue weighted by Gasteiger charge is -2.43. The molecule has 4 fully saturated rings. The predicted molar refractivity (Wildman–Crippen MR) is 99.8 cm³/mol. The summed E-state index contributed by atoms with van der Waals surface area (Å²) in [5.41, 5.74) is 0.475. The Labute approximate surface area is 161 Å². The maximum Gasteiger partial charge on any atom is 0.333 e. The van der Waals surface area contributed by atoms with Gasteiger partial charge >= 0.3 is 11.9 Å². The van der Waals surface area contributed by atoms with Gasteiger partial charge in [-0.05, 0) is 82.5 Å². The van der Waals surface area contributed by atoms with Gasteiger partial charge in [0.25, 0.3) is 0 Å². The van der Waals surface area contributed by atoms with Crippen LogP contribution in [0.5, 0.6) is 0 Å². The van der Waals surface area contributed by atoms with Gasteiger partial charge in [-0.15, -0.1) is 0 Å². The molecule has 150 valence electrons. The molecule has 5 nitrogen and oxygen atoms in total. The third-order valence-corrected chi connectivity index (χ3v) is 7.10. The van der Waals surface area contributed by atoms with Crippen LogP contribution in [0.4, 0.5) is 0 Å². The van der Waals surface area contributed by atoms with E-state index in [0.717, 1.165) is 51.4 Å². The van der Waals surface area contributed by atoms with Gasteiger partial charge in [-0.3, -0.25) is 4.79 Å². The molecule has 1 heterocycles. The molecule has 7 unspecified atom stereocenters. The monoisotopic (exact) mass is 376 g/mol. The van der Waals surface area contributed by atoms with Gasteiger partial charge in [0.1, 0.15) is 6.10 Å². The van der Waals surface area contributed by atoms with Crippen molar-refractivity contribution in [3.63, 3.8) is 0 Å². The average Bonchev–Trinajstić information content (AvgIpc) is 3.44. The van der Waals surface area contributed by atoms with E-state index in [0.29, 0.717) is 42.1 Å². The first-order valence-electron chi connectivity index (χ1n) is 10.7. The van der Waals surface area contributed by atoms with Gasteiger partial charge in [0.05, 0.1) is 24.7 Å². The molecule has 5 heteroatoms. The number of esters is 2. The molecule has 3 saturated carbocycles. The number of fused-ring (bicyclic) bond motifs is 2. The Bertz CT molecular complexity index is 600. The van der Waals surface area contributed by atoms with Crippen LogP contribution in [0, 0.1) is 23.7 Å². The van der Waals surface area contributed by atoms with E-state index in [9.17, 15) is 9.59 Å². The van der Waals surface area contributed by atoms with Crippen LogP contribution in [0.25, 0.3) is 0 Å². The van der Waals surface area contributed by atoms with Gasteiger partial charge in [-0.1, -0.05) is 6.58 Å². The van der Waals surface area contributed by atoms with E-state index < -0.39 is 0 Å². The molecule has 27 heavy (non-hydrogen) atoms. The summed E-state index contributed by atoms with van der Waals surface area (Å²) in [7, 11) is 0. The molecule has 1 aliphatic heterocycles. The van der Waals surface area contributed by atoms with E-state index in [-0.39, 0.29) is 24.0 Å². The predicted octanol–water partition coefficient (Wildman–Crippen LogP) is 3.80. The molecule has 0 radical (unpaired) electrons. The average molecular weight is 376 g/mol. The maximum absolute atomic E-state index is 12.4. The van der Waals surface area contributed by atoms with Crippen LogP contribution < -0.4 is 0 Å². The van der Waals surface area contributed by atoms with Crippen molar-refractivity contribution in [3.8, 4) is 0 Å². The third kappa shape index (κ3) is 4.39. The van der Waals surface area contributed by atoms with E-state index in [4.69, 9.17) is 14.2 Å². The summed E-state index contributed by atoms with van der Waals surface area (Å²) < 4.78 is 16.9. The highest BCUT2D eigenvalue weighted by Crippen LogP contribution is 2.44. The second kappa shape index (κ2) is 7.94. The van der Waals surface area contributed by atoms with Crippen molar-refractivity contribution in [1.29, 1.82) is 0 Å². The molecule has 4 aliphatic rings. The normalized spacial score (nSPS) is 40.3. The standard InChI is InChI=1S/C22H32O5/c1-13(2)21(23)27-18-5-3-4-15-10-14(6-8-17(15)18)12-25-22(24)16-7-9-19-20(11-16)26-19/h14-20H,1,3-12H2,2H3. The van der Waals surface area contributed by atoms with Gasteiger partial charge in [-0.2, -0.15) is 0 Å². The van der Waals surface area contributed by atoms with Crippen molar-refractivity contribution < 1.29 is 23.8 Å². The Balaban J connectivity index is 1.24. The summed E-state index contributed by atoms with van der Waals surface area (Å²) >= 11 is 0. The van der Waals surface area contributed by atoms with Crippen molar-refractivity contribution in [2.24, 2.45) is 23.7 Å². The number of carbonyl (C=O) groups excluding carboxylic acids is 2. The first-order valence-corrected chi connectivity index (χ1v) is 10.7. The highest BCUT2D eigenvalue weighted by molar-refractivity contribution is 5.87. The molecule has 0 N–H and O–H groups in total. The summed E-state index contributed by atoms with van der Waals surface area (Å²) in [5, 5.41) is 0. The molecule has 4 rings (SSSR count). The highest BCUT2D eigenvalue weighted by atomic mass is 16.6. The van der Waals surface area contributed by atoms with E-state index in [1.165, 1.54) is 6.42 Å². The van der Waals surface area contributed by atoms with Crippen molar-refractivity contribution >= 4 is 11.9 Å². The molecule has 0 spiro atoms. The van der Waals surface area contributed by atoms with Gasteiger partial charge in [-0.25, -0.2) is 4.79 Å². The van der Waals surface area contributed by atoms with Gasteiger partial charge in [0.15, 0.2) is 0 Å². The van der Waals surface area contributed by atoms with Crippen LogP contribution in [0.2, 0.25) is 0 Å². The molecule has 0 aromatic carbocycles. The van der Waals surface area contributed by atoms with Crippen LogP contribution in [0.3, 0.4) is 0 Å². The molecule has 1 saturated heterocycles. The van der Waals surface area contributed by atoms with E-state index >= 15 is 0 Å². The van der Waals surface area contributed by atoms with Gasteiger partial charge in [0.2, 0.25) is 0 Å². The van der Waals surface area contributed by atoms with Crippen molar-refractivity contribution in [2.75, 3.05) is 6.61 Å². The molecule has 7 atom stereocenters. The molecule has 3 aliphatic carbocycles. The lowest BCUT2D eigenvalue weighted by molar-refractivity contribution is -0.156. The molecule has 0 amide bonds. The number of ether oxygens (including phenoxy) is 3. The Kier molecular flexibility index (Phi) is 5.58. The van der Waals surface area contributed by atoms with Crippen molar-refractivity contribution in [1.82, 2.24) is 0 Å². The molecule has 0 aromatic heterocycles. The van der Waals surface area contributed by atoms with Gasteiger partial charge < -0.3 is 14.2 Å². The fourth-order valence-electron chi connectivity index (χ4n) is 5.47. The second-order valence-corrected chi connectivity index (χ2v) is 9.11. The van der Waals surface area contributed by atoms with Crippen molar-refractivity contribution in [3.05, 3.63) is 12.2 Å². The fraction of sp³-hybridized carbons (Fsp3) is 0.818. The molecule has 0 aromatic rings. The Hall–Kier alpha value is -1.36. The zero-order valence-electron chi connectivity index (χ0n) is 16.4. The van der Waals surface area contributed by atoms with E-state index in [2.05, 4.69) is 6.58 Å². The largest absolute Gasteiger partial charge is 0.465 e. The second-order valence-electron chi connectivity index (χ2n) is 9.11. The third-order valence-electron chi connectivity index (χ3n) is 7.10. The summed E-state index contributed by atoms with van der Waals surface area (Å²) in [5.74, 6) is 1.23. The minimum absolute atomic E-state index is 0.0250. The Morgan fingerprint density at radius 3 is 2.67 bits per heavy atom. The van der Waals surface area contributed by atoms with Crippen LogP contribution >= 0.6 is 0 Å². The van der Waals surface area contributed by atoms with Crippen LogP contribution in [-0.2, 0) is 23.8 Å². The lowest BCUT2D eigenvalue weighted by atomic mass is 9.66. The van der Waals surface area contributed by atoms with Crippen LogP contribution in [-0.4, -0.2) is 36.9 Å². The quantitative estimate of drug-likeness (QED) is 0.415. The first kappa shape index (κ1) is 19.0. The Morgan fingerprint density at radius 1 is 1.04 bits per heavy atom. The number of hydrogen-bond acceptors (Lipinski definition) is 5. The fourth-order valence-corrected chi connectivity index (χ4v) is 5.47. The lowest BCUT2D eigenvalue weighted by Crippen LogP contribution is -2.40. The molecular formula is C22H32O5. The van der Waals surface area contributed by atoms with Crippen LogP contribution in [0.1, 0.15) is 64.7 Å². The highest BCUT2D eigenvalue weighted by Gasteiger charge is 2.46. The summed E-state index contributed by atoms with van der Waals surface area (Å²) in [6.07, 6.45) is 9.97. The minimum atomic E-state index is -0.258. The summed E-state index contributed by atoms with van der Waals surface area (Å²) in [4.78, 5) is 24.3.